The highest BCUT2D eigenvalue weighted by molar-refractivity contribution is 5.49. The second-order valence-corrected chi connectivity index (χ2v) is 5.42. The standard InChI is InChI=1S/C19H25NO/c1-3-8-15-12-13-19(21)18(17(15)9-4-2)14-20-16-10-6-5-7-11-16/h5-7,10-13,20-21H,3-4,8-9,14H2,1-2H3. The number of aryl methyl sites for hydroxylation is 1. The van der Waals surface area contributed by atoms with Crippen LogP contribution in [0.1, 0.15) is 43.4 Å². The van der Waals surface area contributed by atoms with Gasteiger partial charge < -0.3 is 10.4 Å². The van der Waals surface area contributed by atoms with Gasteiger partial charge in [0, 0.05) is 17.8 Å². The highest BCUT2D eigenvalue weighted by atomic mass is 16.3. The first-order valence-corrected chi connectivity index (χ1v) is 7.87. The number of rotatable bonds is 7. The van der Waals surface area contributed by atoms with E-state index in [2.05, 4.69) is 25.2 Å². The van der Waals surface area contributed by atoms with E-state index in [-0.39, 0.29) is 0 Å². The van der Waals surface area contributed by atoms with Crippen molar-refractivity contribution in [3.05, 3.63) is 59.2 Å². The second kappa shape index (κ2) is 7.72. The summed E-state index contributed by atoms with van der Waals surface area (Å²) in [7, 11) is 0. The number of benzene rings is 2. The van der Waals surface area contributed by atoms with Gasteiger partial charge >= 0.3 is 0 Å². The van der Waals surface area contributed by atoms with Gasteiger partial charge in [-0.15, -0.1) is 0 Å². The number of anilines is 1. The molecule has 2 nitrogen and oxygen atoms in total. The van der Waals surface area contributed by atoms with Crippen molar-refractivity contribution in [2.45, 2.75) is 46.1 Å². The molecule has 2 aromatic carbocycles. The van der Waals surface area contributed by atoms with E-state index >= 15 is 0 Å². The fourth-order valence-corrected chi connectivity index (χ4v) is 2.74. The molecule has 0 spiro atoms. The topological polar surface area (TPSA) is 32.3 Å². The van der Waals surface area contributed by atoms with Gasteiger partial charge in [0.2, 0.25) is 0 Å². The van der Waals surface area contributed by atoms with Gasteiger partial charge in [-0.1, -0.05) is 51.0 Å². The molecule has 0 aliphatic carbocycles. The monoisotopic (exact) mass is 283 g/mol. The predicted molar refractivity (Wildman–Crippen MR) is 89.9 cm³/mol. The van der Waals surface area contributed by atoms with Crippen LogP contribution in [0.25, 0.3) is 0 Å². The summed E-state index contributed by atoms with van der Waals surface area (Å²) >= 11 is 0. The molecular formula is C19H25NO. The maximum atomic E-state index is 10.2. The van der Waals surface area contributed by atoms with Gasteiger partial charge in [-0.3, -0.25) is 0 Å². The molecule has 2 rings (SSSR count). The lowest BCUT2D eigenvalue weighted by Gasteiger charge is -2.17. The van der Waals surface area contributed by atoms with Gasteiger partial charge in [-0.05, 0) is 42.2 Å². The van der Waals surface area contributed by atoms with Crippen LogP contribution in [0.5, 0.6) is 5.75 Å². The maximum absolute atomic E-state index is 10.2. The molecule has 0 saturated heterocycles. The van der Waals surface area contributed by atoms with Crippen molar-refractivity contribution in [1.82, 2.24) is 0 Å². The molecule has 21 heavy (non-hydrogen) atoms. The van der Waals surface area contributed by atoms with E-state index in [4.69, 9.17) is 0 Å². The zero-order valence-electron chi connectivity index (χ0n) is 13.0. The lowest BCUT2D eigenvalue weighted by molar-refractivity contribution is 0.467. The smallest absolute Gasteiger partial charge is 0.120 e. The molecule has 2 N–H and O–H groups in total. The van der Waals surface area contributed by atoms with E-state index in [1.165, 1.54) is 11.1 Å². The van der Waals surface area contributed by atoms with E-state index in [9.17, 15) is 5.11 Å². The summed E-state index contributed by atoms with van der Waals surface area (Å²) in [5, 5.41) is 13.7. The molecule has 0 saturated carbocycles. The molecule has 0 bridgehead atoms. The number of hydrogen-bond acceptors (Lipinski definition) is 2. The minimum absolute atomic E-state index is 0.404. The number of aromatic hydroxyl groups is 1. The van der Waals surface area contributed by atoms with Crippen molar-refractivity contribution in [1.29, 1.82) is 0 Å². The van der Waals surface area contributed by atoms with E-state index in [1.807, 2.05) is 36.4 Å². The molecule has 0 heterocycles. The predicted octanol–water partition coefficient (Wildman–Crippen LogP) is 4.91. The fourth-order valence-electron chi connectivity index (χ4n) is 2.74. The van der Waals surface area contributed by atoms with Gasteiger partial charge in [-0.2, -0.15) is 0 Å². The van der Waals surface area contributed by atoms with Gasteiger partial charge in [0.05, 0.1) is 0 Å². The first-order valence-electron chi connectivity index (χ1n) is 7.87. The molecule has 0 atom stereocenters. The number of phenols is 1. The molecular weight excluding hydrogens is 258 g/mol. The van der Waals surface area contributed by atoms with Crippen molar-refractivity contribution in [3.8, 4) is 5.75 Å². The van der Waals surface area contributed by atoms with Crippen LogP contribution in [0.15, 0.2) is 42.5 Å². The summed E-state index contributed by atoms with van der Waals surface area (Å²) in [5.41, 5.74) is 4.83. The van der Waals surface area contributed by atoms with Crippen molar-refractivity contribution < 1.29 is 5.11 Å². The van der Waals surface area contributed by atoms with Gasteiger partial charge in [0.1, 0.15) is 5.75 Å². The molecule has 0 unspecified atom stereocenters. The molecule has 0 amide bonds. The van der Waals surface area contributed by atoms with E-state index < -0.39 is 0 Å². The third-order valence-corrected chi connectivity index (χ3v) is 3.77. The van der Waals surface area contributed by atoms with Crippen LogP contribution in [0.3, 0.4) is 0 Å². The summed E-state index contributed by atoms with van der Waals surface area (Å²) in [6.45, 7) is 5.06. The van der Waals surface area contributed by atoms with Gasteiger partial charge in [0.25, 0.3) is 0 Å². The molecule has 0 radical (unpaired) electrons. The summed E-state index contributed by atoms with van der Waals surface area (Å²) in [6, 6.07) is 14.1. The molecule has 0 aliphatic rings. The van der Waals surface area contributed by atoms with Crippen molar-refractivity contribution in [2.75, 3.05) is 5.32 Å². The summed E-state index contributed by atoms with van der Waals surface area (Å²) in [4.78, 5) is 0. The third kappa shape index (κ3) is 4.01. The van der Waals surface area contributed by atoms with Crippen molar-refractivity contribution >= 4 is 5.69 Å². The van der Waals surface area contributed by atoms with Crippen LogP contribution < -0.4 is 5.32 Å². The Labute approximate surface area is 127 Å². The Morgan fingerprint density at radius 1 is 0.857 bits per heavy atom. The van der Waals surface area contributed by atoms with Gasteiger partial charge in [-0.25, -0.2) is 0 Å². The highest BCUT2D eigenvalue weighted by Crippen LogP contribution is 2.28. The first kappa shape index (κ1) is 15.4. The summed E-state index contributed by atoms with van der Waals surface area (Å²) in [5.74, 6) is 0.404. The normalized spacial score (nSPS) is 10.6. The number of hydrogen-bond donors (Lipinski definition) is 2. The Morgan fingerprint density at radius 3 is 2.24 bits per heavy atom. The van der Waals surface area contributed by atoms with Crippen molar-refractivity contribution in [2.24, 2.45) is 0 Å². The number of phenolic OH excluding ortho intramolecular Hbond substituents is 1. The number of para-hydroxylation sites is 1. The average Bonchev–Trinajstić information content (AvgIpc) is 2.51. The highest BCUT2D eigenvalue weighted by Gasteiger charge is 2.12. The Kier molecular flexibility index (Phi) is 5.68. The Balaban J connectivity index is 2.25. The van der Waals surface area contributed by atoms with E-state index in [1.54, 1.807) is 0 Å². The molecule has 2 aromatic rings. The molecule has 2 heteroatoms. The van der Waals surface area contributed by atoms with E-state index in [0.717, 1.165) is 36.9 Å². The van der Waals surface area contributed by atoms with Crippen LogP contribution in [0, 0.1) is 0 Å². The van der Waals surface area contributed by atoms with E-state index in [0.29, 0.717) is 12.3 Å². The number of nitrogens with one attached hydrogen (secondary N) is 1. The third-order valence-electron chi connectivity index (χ3n) is 3.77. The minimum Gasteiger partial charge on any atom is -0.508 e. The molecule has 112 valence electrons. The zero-order chi connectivity index (χ0) is 15.1. The van der Waals surface area contributed by atoms with Crippen LogP contribution in [0.2, 0.25) is 0 Å². The quantitative estimate of drug-likeness (QED) is 0.756. The average molecular weight is 283 g/mol. The minimum atomic E-state index is 0.404. The van der Waals surface area contributed by atoms with Gasteiger partial charge in [0.15, 0.2) is 0 Å². The molecule has 0 aromatic heterocycles. The summed E-state index contributed by atoms with van der Waals surface area (Å²) in [6.07, 6.45) is 4.33. The first-order chi connectivity index (χ1) is 10.3. The van der Waals surface area contributed by atoms with Crippen molar-refractivity contribution in [3.63, 3.8) is 0 Å². The Morgan fingerprint density at radius 2 is 1.57 bits per heavy atom. The van der Waals surface area contributed by atoms with Crippen LogP contribution in [-0.2, 0) is 19.4 Å². The Bertz CT molecular complexity index is 563. The van der Waals surface area contributed by atoms with Crippen LogP contribution in [-0.4, -0.2) is 5.11 Å². The largest absolute Gasteiger partial charge is 0.508 e. The molecule has 0 fully saturated rings. The van der Waals surface area contributed by atoms with Crippen LogP contribution >= 0.6 is 0 Å². The SMILES string of the molecule is CCCc1ccc(O)c(CNc2ccccc2)c1CCC. The maximum Gasteiger partial charge on any atom is 0.120 e. The fraction of sp³-hybridized carbons (Fsp3) is 0.368. The zero-order valence-corrected chi connectivity index (χ0v) is 13.0. The second-order valence-electron chi connectivity index (χ2n) is 5.42. The molecule has 0 aliphatic heterocycles. The lowest BCUT2D eigenvalue weighted by Crippen LogP contribution is -2.06. The van der Waals surface area contributed by atoms with Crippen LogP contribution in [0.4, 0.5) is 5.69 Å². The Hall–Kier alpha value is -1.96. The summed E-state index contributed by atoms with van der Waals surface area (Å²) < 4.78 is 0. The lowest BCUT2D eigenvalue weighted by atomic mass is 9.93.